The molecule has 2 nitrogen and oxygen atoms in total. The zero-order chi connectivity index (χ0) is 16.3. The molecule has 0 radical (unpaired) electrons. The van der Waals surface area contributed by atoms with Gasteiger partial charge < -0.3 is 0 Å². The van der Waals surface area contributed by atoms with E-state index in [1.165, 1.54) is 0 Å². The van der Waals surface area contributed by atoms with E-state index in [2.05, 4.69) is 45.2 Å². The molecule has 9 heteroatoms. The molecule has 122 valence electrons. The van der Waals surface area contributed by atoms with E-state index in [1.54, 1.807) is 0 Å². The molecule has 1 heterocycles. The molecule has 0 aliphatic carbocycles. The number of rotatable bonds is 4. The van der Waals surface area contributed by atoms with Gasteiger partial charge in [-0.25, -0.2) is 4.99 Å². The molecule has 20 heavy (non-hydrogen) atoms. The molecule has 0 saturated heterocycles. The summed E-state index contributed by atoms with van der Waals surface area (Å²) in [7, 11) is -10.7. The van der Waals surface area contributed by atoms with Crippen molar-refractivity contribution in [3.05, 3.63) is 12.4 Å². The van der Waals surface area contributed by atoms with E-state index >= 15 is 0 Å². The molecule has 1 rings (SSSR count). The third kappa shape index (κ3) is 13.8. The van der Waals surface area contributed by atoms with Gasteiger partial charge in [-0.2, -0.15) is 0 Å². The molecule has 0 spiro atoms. The molecular weight excluding hydrogens is 305 g/mol. The van der Waals surface area contributed by atoms with E-state index in [0.717, 1.165) is 17.6 Å². The Morgan fingerprint density at radius 2 is 1.25 bits per heavy atom. The van der Waals surface area contributed by atoms with Crippen LogP contribution in [0.25, 0.3) is 0 Å². The van der Waals surface area contributed by atoms with Gasteiger partial charge in [0.05, 0.1) is 19.3 Å². The maximum atomic E-state index is 9.87. The van der Waals surface area contributed by atoms with Crippen molar-refractivity contribution in [3.63, 3.8) is 0 Å². The summed E-state index contributed by atoms with van der Waals surface area (Å²) in [5.74, 6) is 1.43. The van der Waals surface area contributed by atoms with Gasteiger partial charge in [0, 0.05) is 11.8 Å². The zero-order valence-electron chi connectivity index (χ0n) is 11.9. The number of hydrogen-bond acceptors (Lipinski definition) is 1. The first kappa shape index (κ1) is 19.4. The van der Waals surface area contributed by atoms with Crippen molar-refractivity contribution in [1.82, 2.24) is 0 Å². The molecule has 0 amide bonds. The minimum atomic E-state index is -10.7. The van der Waals surface area contributed by atoms with Crippen LogP contribution in [0, 0.1) is 11.8 Å². The minimum absolute atomic E-state index is 0.716. The molecule has 0 aromatic carbocycles. The molecule has 1 aliphatic rings. The Kier molecular flexibility index (Phi) is 5.13. The van der Waals surface area contributed by atoms with Crippen molar-refractivity contribution in [2.24, 2.45) is 16.8 Å². The van der Waals surface area contributed by atoms with Gasteiger partial charge in [-0.05, 0) is 0 Å². The normalized spacial score (nSPS) is 20.6. The van der Waals surface area contributed by atoms with Crippen LogP contribution in [0.4, 0.5) is 25.2 Å². The van der Waals surface area contributed by atoms with Crippen LogP contribution in [0.15, 0.2) is 17.4 Å². The van der Waals surface area contributed by atoms with Crippen LogP contribution < -0.4 is 0 Å². The Morgan fingerprint density at radius 3 is 1.45 bits per heavy atom. The molecule has 0 aromatic heterocycles. The van der Waals surface area contributed by atoms with Gasteiger partial charge >= 0.3 is 33.0 Å². The number of halogens is 6. The van der Waals surface area contributed by atoms with Crippen LogP contribution in [0.2, 0.25) is 0 Å². The summed E-state index contributed by atoms with van der Waals surface area (Å²) in [4.78, 5) is 4.21. The maximum absolute atomic E-state index is 10.7. The third-order valence-electron chi connectivity index (χ3n) is 2.16. The van der Waals surface area contributed by atoms with E-state index in [9.17, 15) is 25.2 Å². The van der Waals surface area contributed by atoms with E-state index in [4.69, 9.17) is 0 Å². The summed E-state index contributed by atoms with van der Waals surface area (Å²) < 4.78 is 60.1. The predicted octanol–water partition coefficient (Wildman–Crippen LogP) is 6.01. The summed E-state index contributed by atoms with van der Waals surface area (Å²) in [6.45, 7) is 11.4. The summed E-state index contributed by atoms with van der Waals surface area (Å²) in [5, 5.41) is 0. The Balaban J connectivity index is 0.000000441. The zero-order valence-corrected chi connectivity index (χ0v) is 12.8. The van der Waals surface area contributed by atoms with Crippen LogP contribution >= 0.6 is 7.81 Å². The molecular formula is C11H21F6N2P. The van der Waals surface area contributed by atoms with Crippen LogP contribution in [0.3, 0.4) is 0 Å². The Morgan fingerprint density at radius 1 is 0.900 bits per heavy atom. The molecule has 0 atom stereocenters. The summed E-state index contributed by atoms with van der Waals surface area (Å²) >= 11 is 0. The van der Waals surface area contributed by atoms with Crippen LogP contribution in [-0.2, 0) is 0 Å². The second-order valence-corrected chi connectivity index (χ2v) is 7.69. The molecule has 0 bridgehead atoms. The van der Waals surface area contributed by atoms with Crippen LogP contribution in [0.1, 0.15) is 27.7 Å². The fourth-order valence-corrected chi connectivity index (χ4v) is 2.03. The Bertz CT molecular complexity index is 347. The number of hydrogen-bond donors (Lipinski definition) is 0. The molecule has 0 aromatic rings. The van der Waals surface area contributed by atoms with E-state index in [1.807, 2.05) is 6.20 Å². The molecule has 0 N–H and O–H groups in total. The first-order chi connectivity index (χ1) is 8.49. The average Bonchev–Trinajstić information content (AvgIpc) is 2.43. The fraction of sp³-hybridized carbons (Fsp3) is 0.727. The van der Waals surface area contributed by atoms with Gasteiger partial charge in [-0.15, -0.1) is 0 Å². The SMILES string of the molecule is CC(C)C[N+]1(CC(C)C)C=CN=C1.F[P-](F)(F)(F)(F)F. The number of aliphatic imine (C=N–C) groups is 1. The average molecular weight is 326 g/mol. The predicted molar refractivity (Wildman–Crippen MR) is 70.9 cm³/mol. The van der Waals surface area contributed by atoms with E-state index in [0.29, 0.717) is 11.8 Å². The van der Waals surface area contributed by atoms with Crippen molar-refractivity contribution < 1.29 is 29.7 Å². The number of quaternary nitrogens is 1. The second kappa shape index (κ2) is 5.30. The summed E-state index contributed by atoms with van der Waals surface area (Å²) in [6, 6.07) is 0. The van der Waals surface area contributed by atoms with Gasteiger partial charge in [0.15, 0.2) is 6.34 Å². The molecule has 0 unspecified atom stereocenters. The monoisotopic (exact) mass is 326 g/mol. The Hall–Kier alpha value is -0.620. The molecule has 1 aliphatic heterocycles. The standard InChI is InChI=1S/C11H21N2.F6P/c1-10(2)7-13(8-11(3)4)6-5-12-9-13;1-7(2,3,4,5)6/h5-6,9-11H,7-8H2,1-4H3;/q+1;-1. The fourth-order valence-electron chi connectivity index (χ4n) is 2.03. The van der Waals surface area contributed by atoms with Gasteiger partial charge in [0.1, 0.15) is 6.20 Å². The molecule has 0 fully saturated rings. The number of nitrogens with zero attached hydrogens (tertiary/aromatic N) is 2. The quantitative estimate of drug-likeness (QED) is 0.341. The summed E-state index contributed by atoms with van der Waals surface area (Å²) in [6.07, 6.45) is 6.20. The van der Waals surface area contributed by atoms with Crippen LogP contribution in [0.5, 0.6) is 0 Å². The van der Waals surface area contributed by atoms with E-state index < -0.39 is 7.81 Å². The molecule has 0 saturated carbocycles. The third-order valence-corrected chi connectivity index (χ3v) is 2.16. The van der Waals surface area contributed by atoms with Gasteiger partial charge in [-0.1, -0.05) is 27.7 Å². The van der Waals surface area contributed by atoms with Gasteiger partial charge in [0.2, 0.25) is 0 Å². The Labute approximate surface area is 115 Å². The first-order valence-electron chi connectivity index (χ1n) is 6.14. The van der Waals surface area contributed by atoms with Crippen molar-refractivity contribution in [2.45, 2.75) is 27.7 Å². The van der Waals surface area contributed by atoms with Crippen molar-refractivity contribution in [2.75, 3.05) is 13.1 Å². The van der Waals surface area contributed by atoms with Crippen molar-refractivity contribution in [3.8, 4) is 0 Å². The topological polar surface area (TPSA) is 12.4 Å². The van der Waals surface area contributed by atoms with Crippen molar-refractivity contribution >= 4 is 14.1 Å². The van der Waals surface area contributed by atoms with E-state index in [-0.39, 0.29) is 0 Å². The van der Waals surface area contributed by atoms with Crippen molar-refractivity contribution in [1.29, 1.82) is 0 Å². The summed E-state index contributed by atoms with van der Waals surface area (Å²) in [5.41, 5.74) is 0. The van der Waals surface area contributed by atoms with Gasteiger partial charge in [0.25, 0.3) is 0 Å². The van der Waals surface area contributed by atoms with Crippen LogP contribution in [-0.4, -0.2) is 23.9 Å². The van der Waals surface area contributed by atoms with Gasteiger partial charge in [-0.3, -0.25) is 4.48 Å². The second-order valence-electron chi connectivity index (χ2n) is 5.78. The first-order valence-corrected chi connectivity index (χ1v) is 8.17.